The molecular weight excluding hydrogens is 244 g/mol. The Kier molecular flexibility index (Phi) is 10.3. The number of nitrogens with zero attached hydrogens (tertiary/aromatic N) is 2. The molecule has 0 aromatic rings. The van der Waals surface area contributed by atoms with Crippen LogP contribution in [-0.2, 0) is 14.2 Å². The fourth-order valence-electron chi connectivity index (χ4n) is 2.09. The molecule has 19 heavy (non-hydrogen) atoms. The lowest BCUT2D eigenvalue weighted by molar-refractivity contribution is -0.00667. The minimum atomic E-state index is 0.669. The van der Waals surface area contributed by atoms with Crippen LogP contribution in [-0.4, -0.2) is 88.7 Å². The van der Waals surface area contributed by atoms with Crippen LogP contribution in [0, 0.1) is 0 Å². The summed E-state index contributed by atoms with van der Waals surface area (Å²) in [4.78, 5) is 4.88. The first-order chi connectivity index (χ1) is 9.36. The van der Waals surface area contributed by atoms with Crippen LogP contribution in [0.3, 0.4) is 0 Å². The molecule has 1 fully saturated rings. The average Bonchev–Trinajstić information content (AvgIpc) is 2.42. The van der Waals surface area contributed by atoms with Crippen molar-refractivity contribution in [1.29, 1.82) is 0 Å². The molecule has 0 bridgehead atoms. The fraction of sp³-hybridized carbons (Fsp3) is 1.00. The third-order valence-electron chi connectivity index (χ3n) is 3.47. The topological polar surface area (TPSA) is 34.2 Å². The molecule has 114 valence electrons. The van der Waals surface area contributed by atoms with Crippen LogP contribution in [0.2, 0.25) is 0 Å². The van der Waals surface area contributed by atoms with Gasteiger partial charge >= 0.3 is 0 Å². The maximum absolute atomic E-state index is 5.58. The maximum Gasteiger partial charge on any atom is 0.0701 e. The van der Waals surface area contributed by atoms with E-state index in [4.69, 9.17) is 14.2 Å². The molecule has 1 rings (SSSR count). The minimum absolute atomic E-state index is 0.669. The summed E-state index contributed by atoms with van der Waals surface area (Å²) in [7, 11) is 0. The van der Waals surface area contributed by atoms with E-state index in [2.05, 4.69) is 23.6 Å². The summed E-state index contributed by atoms with van der Waals surface area (Å²) in [6.07, 6.45) is 0. The lowest BCUT2D eigenvalue weighted by atomic mass is 10.4. The zero-order valence-corrected chi connectivity index (χ0v) is 12.6. The predicted molar refractivity (Wildman–Crippen MR) is 76.7 cm³/mol. The molecule has 0 unspecified atom stereocenters. The van der Waals surface area contributed by atoms with Gasteiger partial charge in [0, 0.05) is 26.2 Å². The normalized spacial score (nSPS) is 21.0. The highest BCUT2D eigenvalue weighted by molar-refractivity contribution is 4.62. The molecule has 1 saturated heterocycles. The largest absolute Gasteiger partial charge is 0.378 e. The van der Waals surface area contributed by atoms with Gasteiger partial charge in [-0.25, -0.2) is 0 Å². The quantitative estimate of drug-likeness (QED) is 0.737. The van der Waals surface area contributed by atoms with Gasteiger partial charge in [-0.2, -0.15) is 0 Å². The van der Waals surface area contributed by atoms with Gasteiger partial charge in [-0.3, -0.25) is 4.90 Å². The van der Waals surface area contributed by atoms with Gasteiger partial charge in [0.25, 0.3) is 0 Å². The Morgan fingerprint density at radius 3 is 1.74 bits per heavy atom. The molecule has 1 heterocycles. The van der Waals surface area contributed by atoms with Crippen molar-refractivity contribution in [1.82, 2.24) is 9.80 Å². The van der Waals surface area contributed by atoms with E-state index >= 15 is 0 Å². The number of likely N-dealkylation sites (N-methyl/N-ethyl adjacent to an activating group) is 1. The Bertz CT molecular complexity index is 189. The Balaban J connectivity index is 2.25. The first-order valence-electron chi connectivity index (χ1n) is 7.54. The molecular formula is C14H30N2O3. The monoisotopic (exact) mass is 274 g/mol. The molecule has 0 atom stereocenters. The van der Waals surface area contributed by atoms with Crippen molar-refractivity contribution in [2.24, 2.45) is 0 Å². The van der Waals surface area contributed by atoms with Gasteiger partial charge in [-0.1, -0.05) is 13.8 Å². The molecule has 0 amide bonds. The summed E-state index contributed by atoms with van der Waals surface area (Å²) in [5.74, 6) is 0. The molecule has 0 radical (unpaired) electrons. The van der Waals surface area contributed by atoms with E-state index in [-0.39, 0.29) is 0 Å². The van der Waals surface area contributed by atoms with Gasteiger partial charge in [-0.15, -0.1) is 0 Å². The van der Waals surface area contributed by atoms with E-state index in [1.165, 1.54) is 0 Å². The van der Waals surface area contributed by atoms with Crippen LogP contribution in [0.15, 0.2) is 0 Å². The van der Waals surface area contributed by atoms with Crippen molar-refractivity contribution in [2.75, 3.05) is 78.9 Å². The molecule has 1 aliphatic heterocycles. The molecule has 5 nitrogen and oxygen atoms in total. The molecule has 0 spiro atoms. The van der Waals surface area contributed by atoms with Crippen molar-refractivity contribution in [2.45, 2.75) is 13.8 Å². The lowest BCUT2D eigenvalue weighted by Gasteiger charge is -2.26. The van der Waals surface area contributed by atoms with E-state index in [9.17, 15) is 0 Å². The van der Waals surface area contributed by atoms with Crippen molar-refractivity contribution < 1.29 is 14.2 Å². The second-order valence-corrected chi connectivity index (χ2v) is 4.71. The molecule has 0 aromatic heterocycles. The highest BCUT2D eigenvalue weighted by Gasteiger charge is 2.08. The number of hydrogen-bond acceptors (Lipinski definition) is 5. The first-order valence-corrected chi connectivity index (χ1v) is 7.54. The van der Waals surface area contributed by atoms with Crippen LogP contribution < -0.4 is 0 Å². The smallest absolute Gasteiger partial charge is 0.0701 e. The highest BCUT2D eigenvalue weighted by atomic mass is 16.5. The van der Waals surface area contributed by atoms with Crippen molar-refractivity contribution in [3.8, 4) is 0 Å². The van der Waals surface area contributed by atoms with Gasteiger partial charge in [0.05, 0.1) is 39.6 Å². The van der Waals surface area contributed by atoms with Gasteiger partial charge < -0.3 is 19.1 Å². The SMILES string of the molecule is CCN(CC)CCN1CCOCCOCCOCC1. The molecule has 0 N–H and O–H groups in total. The van der Waals surface area contributed by atoms with Crippen LogP contribution >= 0.6 is 0 Å². The molecule has 5 heteroatoms. The number of hydrogen-bond donors (Lipinski definition) is 0. The lowest BCUT2D eigenvalue weighted by Crippen LogP contribution is -2.38. The second kappa shape index (κ2) is 11.6. The first kappa shape index (κ1) is 16.9. The van der Waals surface area contributed by atoms with Gasteiger partial charge in [0.1, 0.15) is 0 Å². The third kappa shape index (κ3) is 8.55. The Hall–Kier alpha value is -0.200. The highest BCUT2D eigenvalue weighted by Crippen LogP contribution is 1.95. The Labute approximate surface area is 117 Å². The minimum Gasteiger partial charge on any atom is -0.378 e. The van der Waals surface area contributed by atoms with Crippen LogP contribution in [0.4, 0.5) is 0 Å². The standard InChI is InChI=1S/C14H30N2O3/c1-3-15(4-2)5-6-16-7-9-17-11-13-19-14-12-18-10-8-16/h3-14H2,1-2H3. The zero-order chi connectivity index (χ0) is 13.8. The summed E-state index contributed by atoms with van der Waals surface area (Å²) in [5, 5.41) is 0. The van der Waals surface area contributed by atoms with Crippen LogP contribution in [0.1, 0.15) is 13.8 Å². The summed E-state index contributed by atoms with van der Waals surface area (Å²) in [6, 6.07) is 0. The van der Waals surface area contributed by atoms with Crippen molar-refractivity contribution >= 4 is 0 Å². The molecule has 1 aliphatic rings. The van der Waals surface area contributed by atoms with Crippen LogP contribution in [0.25, 0.3) is 0 Å². The maximum atomic E-state index is 5.58. The van der Waals surface area contributed by atoms with E-state index < -0.39 is 0 Å². The second-order valence-electron chi connectivity index (χ2n) is 4.71. The Morgan fingerprint density at radius 1 is 0.789 bits per heavy atom. The van der Waals surface area contributed by atoms with E-state index in [0.717, 1.165) is 52.5 Å². The third-order valence-corrected chi connectivity index (χ3v) is 3.47. The van der Waals surface area contributed by atoms with E-state index in [1.54, 1.807) is 0 Å². The van der Waals surface area contributed by atoms with Gasteiger partial charge in [-0.05, 0) is 13.1 Å². The molecule has 0 aliphatic carbocycles. The molecule has 0 saturated carbocycles. The summed E-state index contributed by atoms with van der Waals surface area (Å²) in [6.45, 7) is 15.1. The van der Waals surface area contributed by atoms with Crippen LogP contribution in [0.5, 0.6) is 0 Å². The predicted octanol–water partition coefficient (Wildman–Crippen LogP) is 0.694. The van der Waals surface area contributed by atoms with E-state index in [0.29, 0.717) is 26.4 Å². The van der Waals surface area contributed by atoms with Gasteiger partial charge in [0.2, 0.25) is 0 Å². The summed E-state index contributed by atoms with van der Waals surface area (Å²) >= 11 is 0. The van der Waals surface area contributed by atoms with E-state index in [1.807, 2.05) is 0 Å². The van der Waals surface area contributed by atoms with Crippen molar-refractivity contribution in [3.05, 3.63) is 0 Å². The Morgan fingerprint density at radius 2 is 1.26 bits per heavy atom. The van der Waals surface area contributed by atoms with Crippen molar-refractivity contribution in [3.63, 3.8) is 0 Å². The number of rotatable bonds is 5. The summed E-state index contributed by atoms with van der Waals surface area (Å²) in [5.41, 5.74) is 0. The summed E-state index contributed by atoms with van der Waals surface area (Å²) < 4.78 is 16.5. The zero-order valence-electron chi connectivity index (χ0n) is 12.6. The average molecular weight is 274 g/mol. The molecule has 0 aromatic carbocycles. The number of ether oxygens (including phenoxy) is 3. The van der Waals surface area contributed by atoms with Gasteiger partial charge in [0.15, 0.2) is 0 Å². The fourth-order valence-corrected chi connectivity index (χ4v) is 2.09.